The van der Waals surface area contributed by atoms with E-state index in [1.807, 2.05) is 32.1 Å². The van der Waals surface area contributed by atoms with Crippen molar-refractivity contribution in [1.82, 2.24) is 15.5 Å². The van der Waals surface area contributed by atoms with Crippen molar-refractivity contribution in [2.75, 3.05) is 6.61 Å². The lowest BCUT2D eigenvalue weighted by Crippen LogP contribution is -2.33. The van der Waals surface area contributed by atoms with Gasteiger partial charge in [-0.3, -0.25) is 4.79 Å². The van der Waals surface area contributed by atoms with E-state index in [-0.39, 0.29) is 30.4 Å². The van der Waals surface area contributed by atoms with Gasteiger partial charge < -0.3 is 14.9 Å². The molecular weight excluding hydrogens is 294 g/mol. The molecule has 23 heavy (non-hydrogen) atoms. The number of carbonyl (C=O) groups is 1. The van der Waals surface area contributed by atoms with Gasteiger partial charge in [0.1, 0.15) is 0 Å². The van der Waals surface area contributed by atoms with Gasteiger partial charge in [-0.2, -0.15) is 0 Å². The minimum atomic E-state index is -0.168. The Morgan fingerprint density at radius 2 is 2.26 bits per heavy atom. The standard InChI is InChI=1S/C17H21N3O3/c1-9(2)14-7-13(15-10(3)20-23-17(15)19-14)16(22)18-12-5-4-11(6-12)8-21/h4-5,7,9,11-12,21H,6,8H2,1-3H3,(H,18,22)/t11-,12+/m0/s1. The second-order valence-corrected chi connectivity index (χ2v) is 6.34. The van der Waals surface area contributed by atoms with Crippen LogP contribution in [0.1, 0.15) is 47.9 Å². The third-order valence-corrected chi connectivity index (χ3v) is 4.20. The Balaban J connectivity index is 1.93. The summed E-state index contributed by atoms with van der Waals surface area (Å²) in [4.78, 5) is 17.2. The van der Waals surface area contributed by atoms with Crippen LogP contribution in [0, 0.1) is 12.8 Å². The van der Waals surface area contributed by atoms with E-state index in [2.05, 4.69) is 15.5 Å². The molecule has 2 N–H and O–H groups in total. The molecule has 0 aromatic carbocycles. The lowest BCUT2D eigenvalue weighted by Gasteiger charge is -2.14. The zero-order valence-corrected chi connectivity index (χ0v) is 13.5. The van der Waals surface area contributed by atoms with E-state index in [4.69, 9.17) is 4.52 Å². The van der Waals surface area contributed by atoms with Crippen LogP contribution in [0.3, 0.4) is 0 Å². The van der Waals surface area contributed by atoms with Gasteiger partial charge in [0.05, 0.1) is 16.6 Å². The largest absolute Gasteiger partial charge is 0.396 e. The van der Waals surface area contributed by atoms with Crippen LogP contribution in [-0.2, 0) is 0 Å². The van der Waals surface area contributed by atoms with Crippen molar-refractivity contribution in [3.63, 3.8) is 0 Å². The van der Waals surface area contributed by atoms with Crippen molar-refractivity contribution in [1.29, 1.82) is 0 Å². The number of nitrogens with zero attached hydrogens (tertiary/aromatic N) is 2. The van der Waals surface area contributed by atoms with Gasteiger partial charge in [0.2, 0.25) is 0 Å². The Hall–Kier alpha value is -2.21. The highest BCUT2D eigenvalue weighted by Crippen LogP contribution is 2.26. The Labute approximate surface area is 134 Å². The fourth-order valence-electron chi connectivity index (χ4n) is 2.85. The van der Waals surface area contributed by atoms with Crippen molar-refractivity contribution < 1.29 is 14.4 Å². The topological polar surface area (TPSA) is 88.2 Å². The van der Waals surface area contributed by atoms with Gasteiger partial charge in [-0.25, -0.2) is 4.98 Å². The minimum absolute atomic E-state index is 0.0643. The highest BCUT2D eigenvalue weighted by atomic mass is 16.5. The van der Waals surface area contributed by atoms with E-state index in [1.54, 1.807) is 6.92 Å². The van der Waals surface area contributed by atoms with Crippen molar-refractivity contribution in [3.8, 4) is 0 Å². The van der Waals surface area contributed by atoms with Gasteiger partial charge in [0.15, 0.2) is 0 Å². The number of nitrogens with one attached hydrogen (secondary N) is 1. The summed E-state index contributed by atoms with van der Waals surface area (Å²) in [6.07, 6.45) is 4.59. The molecule has 1 amide bonds. The van der Waals surface area contributed by atoms with Crippen molar-refractivity contribution >= 4 is 17.0 Å². The second kappa shape index (κ2) is 6.12. The maximum atomic E-state index is 12.7. The molecule has 6 nitrogen and oxygen atoms in total. The first-order valence-electron chi connectivity index (χ1n) is 7.86. The Bertz CT molecular complexity index is 764. The molecule has 0 spiro atoms. The number of amides is 1. The highest BCUT2D eigenvalue weighted by molar-refractivity contribution is 6.06. The Morgan fingerprint density at radius 3 is 2.91 bits per heavy atom. The van der Waals surface area contributed by atoms with E-state index >= 15 is 0 Å². The van der Waals surface area contributed by atoms with Crippen LogP contribution in [0.25, 0.3) is 11.1 Å². The van der Waals surface area contributed by atoms with Crippen molar-refractivity contribution in [3.05, 3.63) is 35.2 Å². The first-order chi connectivity index (χ1) is 11.0. The van der Waals surface area contributed by atoms with E-state index in [1.165, 1.54) is 0 Å². The number of aromatic nitrogens is 2. The molecule has 2 heterocycles. The maximum Gasteiger partial charge on any atom is 0.259 e. The predicted octanol–water partition coefficient (Wildman–Crippen LogP) is 2.32. The molecule has 0 aliphatic heterocycles. The number of carbonyl (C=O) groups excluding carboxylic acids is 1. The van der Waals surface area contributed by atoms with E-state index < -0.39 is 0 Å². The summed E-state index contributed by atoms with van der Waals surface area (Å²) in [6.45, 7) is 5.94. The number of hydrogen-bond acceptors (Lipinski definition) is 5. The van der Waals surface area contributed by atoms with Gasteiger partial charge in [0.25, 0.3) is 11.6 Å². The summed E-state index contributed by atoms with van der Waals surface area (Å²) in [5.41, 5.74) is 2.39. The third-order valence-electron chi connectivity index (χ3n) is 4.20. The van der Waals surface area contributed by atoms with Crippen molar-refractivity contribution in [2.45, 2.75) is 39.2 Å². The summed E-state index contributed by atoms with van der Waals surface area (Å²) in [6, 6.07) is 1.75. The summed E-state index contributed by atoms with van der Waals surface area (Å²) in [5, 5.41) is 16.8. The number of aliphatic hydroxyl groups excluding tert-OH is 1. The van der Waals surface area contributed by atoms with Gasteiger partial charge in [-0.15, -0.1) is 0 Å². The van der Waals surface area contributed by atoms with Crippen LogP contribution in [0.15, 0.2) is 22.7 Å². The number of fused-ring (bicyclic) bond motifs is 1. The van der Waals surface area contributed by atoms with Gasteiger partial charge in [-0.1, -0.05) is 31.2 Å². The minimum Gasteiger partial charge on any atom is -0.396 e. The van der Waals surface area contributed by atoms with Crippen LogP contribution in [0.5, 0.6) is 0 Å². The third kappa shape index (κ3) is 2.99. The maximum absolute atomic E-state index is 12.7. The molecule has 2 atom stereocenters. The fraction of sp³-hybridized carbons (Fsp3) is 0.471. The van der Waals surface area contributed by atoms with Crippen molar-refractivity contribution in [2.24, 2.45) is 5.92 Å². The molecule has 0 fully saturated rings. The van der Waals surface area contributed by atoms with E-state index in [0.717, 1.165) is 12.1 Å². The molecule has 2 aromatic heterocycles. The number of aliphatic hydroxyl groups is 1. The first kappa shape index (κ1) is 15.7. The average molecular weight is 315 g/mol. The molecule has 0 bridgehead atoms. The summed E-state index contributed by atoms with van der Waals surface area (Å²) in [5.74, 6) is 0.127. The molecule has 0 saturated heterocycles. The Kier molecular flexibility index (Phi) is 4.17. The van der Waals surface area contributed by atoms with E-state index in [9.17, 15) is 9.90 Å². The molecule has 0 radical (unpaired) electrons. The molecular formula is C17H21N3O3. The van der Waals surface area contributed by atoms with Crippen LogP contribution in [0.4, 0.5) is 0 Å². The molecule has 0 unspecified atom stereocenters. The van der Waals surface area contributed by atoms with Gasteiger partial charge in [0, 0.05) is 24.3 Å². The number of pyridine rings is 1. The lowest BCUT2D eigenvalue weighted by atomic mass is 10.0. The molecule has 3 rings (SSSR count). The van der Waals surface area contributed by atoms with Gasteiger partial charge in [-0.05, 0) is 25.3 Å². The number of hydrogen-bond donors (Lipinski definition) is 2. The molecule has 2 aromatic rings. The van der Waals surface area contributed by atoms with E-state index in [0.29, 0.717) is 22.4 Å². The number of rotatable bonds is 4. The highest BCUT2D eigenvalue weighted by Gasteiger charge is 2.24. The smallest absolute Gasteiger partial charge is 0.259 e. The SMILES string of the molecule is Cc1noc2nc(C(C)C)cc(C(=O)N[C@@H]3C=C[C@H](CO)C3)c12. The number of aryl methyl sites for hydroxylation is 1. The van der Waals surface area contributed by atoms with Crippen LogP contribution < -0.4 is 5.32 Å². The monoisotopic (exact) mass is 315 g/mol. The lowest BCUT2D eigenvalue weighted by molar-refractivity contribution is 0.0942. The normalized spacial score (nSPS) is 20.6. The summed E-state index contributed by atoms with van der Waals surface area (Å²) >= 11 is 0. The van der Waals surface area contributed by atoms with Crippen LogP contribution in [-0.4, -0.2) is 33.8 Å². The quantitative estimate of drug-likeness (QED) is 0.845. The molecule has 1 aliphatic rings. The Morgan fingerprint density at radius 1 is 1.48 bits per heavy atom. The zero-order valence-electron chi connectivity index (χ0n) is 13.5. The molecule has 122 valence electrons. The van der Waals surface area contributed by atoms with Gasteiger partial charge >= 0.3 is 0 Å². The predicted molar refractivity (Wildman–Crippen MR) is 86.2 cm³/mol. The zero-order chi connectivity index (χ0) is 16.6. The summed E-state index contributed by atoms with van der Waals surface area (Å²) < 4.78 is 5.25. The molecule has 6 heteroatoms. The fourth-order valence-corrected chi connectivity index (χ4v) is 2.85. The summed E-state index contributed by atoms with van der Waals surface area (Å²) in [7, 11) is 0. The second-order valence-electron chi connectivity index (χ2n) is 6.34. The van der Waals surface area contributed by atoms with Crippen LogP contribution in [0.2, 0.25) is 0 Å². The average Bonchev–Trinajstić information content (AvgIpc) is 3.13. The molecule has 1 aliphatic carbocycles. The van der Waals surface area contributed by atoms with Crippen LogP contribution >= 0.6 is 0 Å². The molecule has 0 saturated carbocycles. The first-order valence-corrected chi connectivity index (χ1v) is 7.86.